The number of imidazole rings is 1. The van der Waals surface area contributed by atoms with Crippen LogP contribution in [0.2, 0.25) is 0 Å². The molecular formula is C11H21N3O. The van der Waals surface area contributed by atoms with Gasteiger partial charge in [0, 0.05) is 38.5 Å². The Labute approximate surface area is 91.4 Å². The lowest BCUT2D eigenvalue weighted by Gasteiger charge is -2.02. The number of aromatic amines is 1. The maximum atomic E-state index is 4.95. The van der Waals surface area contributed by atoms with Gasteiger partial charge in [-0.1, -0.05) is 13.8 Å². The number of hydrogen-bond donors (Lipinski definition) is 2. The first-order chi connectivity index (χ1) is 7.22. The van der Waals surface area contributed by atoms with E-state index >= 15 is 0 Å². The number of aromatic nitrogens is 2. The molecular weight excluding hydrogens is 190 g/mol. The average molecular weight is 211 g/mol. The molecule has 0 aromatic carbocycles. The zero-order valence-electron chi connectivity index (χ0n) is 9.84. The number of ether oxygens (including phenoxy) is 1. The van der Waals surface area contributed by atoms with E-state index in [9.17, 15) is 0 Å². The number of rotatable bonds is 7. The van der Waals surface area contributed by atoms with Crippen molar-refractivity contribution in [1.29, 1.82) is 0 Å². The summed E-state index contributed by atoms with van der Waals surface area (Å²) < 4.78 is 4.95. The van der Waals surface area contributed by atoms with Crippen molar-refractivity contribution in [1.82, 2.24) is 15.3 Å². The molecule has 0 aliphatic carbocycles. The van der Waals surface area contributed by atoms with E-state index < -0.39 is 0 Å². The fourth-order valence-corrected chi connectivity index (χ4v) is 1.38. The van der Waals surface area contributed by atoms with E-state index in [-0.39, 0.29) is 0 Å². The fourth-order valence-electron chi connectivity index (χ4n) is 1.38. The van der Waals surface area contributed by atoms with Gasteiger partial charge in [-0.15, -0.1) is 0 Å². The van der Waals surface area contributed by atoms with Gasteiger partial charge in [-0.25, -0.2) is 4.98 Å². The first kappa shape index (κ1) is 12.2. The molecule has 0 radical (unpaired) electrons. The van der Waals surface area contributed by atoms with Gasteiger partial charge in [-0.2, -0.15) is 0 Å². The smallest absolute Gasteiger partial charge is 0.106 e. The van der Waals surface area contributed by atoms with Gasteiger partial charge < -0.3 is 15.0 Å². The molecule has 1 aromatic heterocycles. The van der Waals surface area contributed by atoms with E-state index in [4.69, 9.17) is 4.74 Å². The second-order valence-electron chi connectivity index (χ2n) is 4.12. The topological polar surface area (TPSA) is 49.9 Å². The molecule has 0 aliphatic rings. The largest absolute Gasteiger partial charge is 0.383 e. The van der Waals surface area contributed by atoms with Gasteiger partial charge in [0.25, 0.3) is 0 Å². The van der Waals surface area contributed by atoms with Crippen molar-refractivity contribution in [3.63, 3.8) is 0 Å². The van der Waals surface area contributed by atoms with Gasteiger partial charge in [0.2, 0.25) is 0 Å². The van der Waals surface area contributed by atoms with E-state index in [1.165, 1.54) is 0 Å². The van der Waals surface area contributed by atoms with Gasteiger partial charge in [-0.05, 0) is 5.92 Å². The van der Waals surface area contributed by atoms with Crippen LogP contribution in [-0.2, 0) is 17.7 Å². The maximum Gasteiger partial charge on any atom is 0.106 e. The molecule has 0 spiro atoms. The highest BCUT2D eigenvalue weighted by Gasteiger charge is 2.02. The minimum absolute atomic E-state index is 0.644. The van der Waals surface area contributed by atoms with Crippen LogP contribution in [0.25, 0.3) is 0 Å². The van der Waals surface area contributed by atoms with Crippen molar-refractivity contribution >= 4 is 0 Å². The second kappa shape index (κ2) is 6.58. The van der Waals surface area contributed by atoms with E-state index in [0.29, 0.717) is 5.92 Å². The van der Waals surface area contributed by atoms with Crippen molar-refractivity contribution in [2.24, 2.45) is 5.92 Å². The minimum atomic E-state index is 0.644. The Hall–Kier alpha value is -0.870. The number of hydrogen-bond acceptors (Lipinski definition) is 3. The lowest BCUT2D eigenvalue weighted by atomic mass is 10.1. The predicted molar refractivity (Wildman–Crippen MR) is 60.7 cm³/mol. The van der Waals surface area contributed by atoms with E-state index in [1.54, 1.807) is 7.11 Å². The van der Waals surface area contributed by atoms with Crippen LogP contribution in [-0.4, -0.2) is 30.2 Å². The lowest BCUT2D eigenvalue weighted by Crippen LogP contribution is -2.18. The zero-order chi connectivity index (χ0) is 11.1. The average Bonchev–Trinajstić information content (AvgIpc) is 2.59. The quantitative estimate of drug-likeness (QED) is 0.669. The number of nitrogens with one attached hydrogen (secondary N) is 2. The Bertz CT molecular complexity index is 271. The van der Waals surface area contributed by atoms with Crippen LogP contribution >= 0.6 is 0 Å². The van der Waals surface area contributed by atoms with Crippen LogP contribution in [0.5, 0.6) is 0 Å². The lowest BCUT2D eigenvalue weighted by molar-refractivity contribution is 0.199. The Morgan fingerprint density at radius 2 is 2.33 bits per heavy atom. The SMILES string of the molecule is COCCNCc1cnc(CC(C)C)[nH]1. The van der Waals surface area contributed by atoms with Crippen LogP contribution in [0.15, 0.2) is 6.20 Å². The predicted octanol–water partition coefficient (Wildman–Crippen LogP) is 1.34. The standard InChI is InChI=1S/C11H21N3O/c1-9(2)6-11-13-8-10(14-11)7-12-4-5-15-3/h8-9,12H,4-7H2,1-3H3,(H,13,14). The molecule has 0 amide bonds. The monoisotopic (exact) mass is 211 g/mol. The molecule has 0 saturated heterocycles. The summed E-state index contributed by atoms with van der Waals surface area (Å²) in [7, 11) is 1.71. The molecule has 15 heavy (non-hydrogen) atoms. The van der Waals surface area contributed by atoms with Crippen molar-refractivity contribution in [2.75, 3.05) is 20.3 Å². The van der Waals surface area contributed by atoms with E-state index in [2.05, 4.69) is 29.1 Å². The molecule has 0 fully saturated rings. The number of nitrogens with zero attached hydrogens (tertiary/aromatic N) is 1. The normalized spacial score (nSPS) is 11.2. The summed E-state index contributed by atoms with van der Waals surface area (Å²) in [5.41, 5.74) is 1.14. The third-order valence-electron chi connectivity index (χ3n) is 2.08. The van der Waals surface area contributed by atoms with Crippen molar-refractivity contribution in [3.8, 4) is 0 Å². The molecule has 4 heteroatoms. The molecule has 0 aliphatic heterocycles. The summed E-state index contributed by atoms with van der Waals surface area (Å²) >= 11 is 0. The molecule has 2 N–H and O–H groups in total. The third kappa shape index (κ3) is 4.95. The molecule has 0 unspecified atom stereocenters. The third-order valence-corrected chi connectivity index (χ3v) is 2.08. The summed E-state index contributed by atoms with van der Waals surface area (Å²) in [6.07, 6.45) is 2.91. The first-order valence-corrected chi connectivity index (χ1v) is 5.44. The summed E-state index contributed by atoms with van der Waals surface area (Å²) in [6, 6.07) is 0. The highest BCUT2D eigenvalue weighted by molar-refractivity contribution is 5.01. The molecule has 1 rings (SSSR count). The molecule has 86 valence electrons. The van der Waals surface area contributed by atoms with Crippen molar-refractivity contribution in [3.05, 3.63) is 17.7 Å². The van der Waals surface area contributed by atoms with Crippen molar-refractivity contribution < 1.29 is 4.74 Å². The summed E-state index contributed by atoms with van der Waals surface area (Å²) in [5.74, 6) is 1.72. The van der Waals surface area contributed by atoms with Crippen molar-refractivity contribution in [2.45, 2.75) is 26.8 Å². The van der Waals surface area contributed by atoms with E-state index in [0.717, 1.165) is 37.6 Å². The molecule has 0 bridgehead atoms. The molecule has 1 aromatic rings. The minimum Gasteiger partial charge on any atom is -0.383 e. The summed E-state index contributed by atoms with van der Waals surface area (Å²) in [4.78, 5) is 7.64. The van der Waals surface area contributed by atoms with Gasteiger partial charge in [0.05, 0.1) is 6.61 Å². The molecule has 1 heterocycles. The van der Waals surface area contributed by atoms with Gasteiger partial charge in [0.1, 0.15) is 5.82 Å². The van der Waals surface area contributed by atoms with Gasteiger partial charge >= 0.3 is 0 Å². The summed E-state index contributed by atoms with van der Waals surface area (Å²) in [6.45, 7) is 6.83. The van der Waals surface area contributed by atoms with Gasteiger partial charge in [0.15, 0.2) is 0 Å². The highest BCUT2D eigenvalue weighted by atomic mass is 16.5. The number of methoxy groups -OCH3 is 1. The van der Waals surface area contributed by atoms with E-state index in [1.807, 2.05) is 6.20 Å². The van der Waals surface area contributed by atoms with Gasteiger partial charge in [-0.3, -0.25) is 0 Å². The highest BCUT2D eigenvalue weighted by Crippen LogP contribution is 2.04. The number of H-pyrrole nitrogens is 1. The van der Waals surface area contributed by atoms with Crippen LogP contribution in [0, 0.1) is 5.92 Å². The second-order valence-corrected chi connectivity index (χ2v) is 4.12. The summed E-state index contributed by atoms with van der Waals surface area (Å²) in [5, 5.41) is 3.27. The first-order valence-electron chi connectivity index (χ1n) is 5.44. The van der Waals surface area contributed by atoms with Crippen LogP contribution in [0.1, 0.15) is 25.4 Å². The Kier molecular flexibility index (Phi) is 5.36. The molecule has 4 nitrogen and oxygen atoms in total. The Balaban J connectivity index is 2.26. The van der Waals surface area contributed by atoms with Crippen LogP contribution < -0.4 is 5.32 Å². The van der Waals surface area contributed by atoms with Crippen LogP contribution in [0.4, 0.5) is 0 Å². The molecule has 0 saturated carbocycles. The molecule has 0 atom stereocenters. The Morgan fingerprint density at radius 1 is 1.53 bits per heavy atom. The zero-order valence-corrected chi connectivity index (χ0v) is 9.84. The fraction of sp³-hybridized carbons (Fsp3) is 0.727. The maximum absolute atomic E-state index is 4.95. The van der Waals surface area contributed by atoms with Crippen LogP contribution in [0.3, 0.4) is 0 Å². The Morgan fingerprint density at radius 3 is 3.00 bits per heavy atom.